The molecule has 2 heterocycles. The first-order valence-electron chi connectivity index (χ1n) is 6.63. The van der Waals surface area contributed by atoms with Gasteiger partial charge < -0.3 is 19.1 Å². The van der Waals surface area contributed by atoms with Gasteiger partial charge in [-0.2, -0.15) is 0 Å². The van der Waals surface area contributed by atoms with Crippen LogP contribution in [0.15, 0.2) is 28.8 Å². The number of aromatic nitrogens is 1. The van der Waals surface area contributed by atoms with Gasteiger partial charge in [0.25, 0.3) is 0 Å². The van der Waals surface area contributed by atoms with Crippen molar-refractivity contribution < 1.29 is 32.3 Å². The van der Waals surface area contributed by atoms with Crippen molar-refractivity contribution in [2.75, 3.05) is 18.6 Å². The number of aromatic carboxylic acids is 1. The average Bonchev–Trinajstić information content (AvgIpc) is 2.95. The minimum Gasteiger partial charge on any atom is -0.493 e. The zero-order chi connectivity index (χ0) is 16.6. The number of sulfone groups is 1. The number of nitrogens with zero attached hydrogens (tertiary/aromatic N) is 1. The second kappa shape index (κ2) is 5.58. The molecule has 1 aliphatic heterocycles. The van der Waals surface area contributed by atoms with Gasteiger partial charge in [0.05, 0.1) is 18.6 Å². The normalized spacial score (nSPS) is 16.6. The Labute approximate surface area is 131 Å². The zero-order valence-electron chi connectivity index (χ0n) is 12.1. The van der Waals surface area contributed by atoms with Gasteiger partial charge in [-0.25, -0.2) is 13.2 Å². The number of ether oxygens (including phenoxy) is 2. The van der Waals surface area contributed by atoms with E-state index in [2.05, 4.69) is 5.16 Å². The topological polar surface area (TPSA) is 116 Å². The average molecular weight is 339 g/mol. The molecule has 1 aromatic heterocycles. The Morgan fingerprint density at radius 3 is 2.61 bits per heavy atom. The number of carboxylic acid groups (broad SMARTS) is 1. The van der Waals surface area contributed by atoms with Gasteiger partial charge in [-0.3, -0.25) is 0 Å². The fourth-order valence-corrected chi connectivity index (χ4v) is 3.37. The van der Waals surface area contributed by atoms with Crippen LogP contribution in [0.3, 0.4) is 0 Å². The Kier molecular flexibility index (Phi) is 3.72. The molecule has 0 spiro atoms. The second-order valence-corrected chi connectivity index (χ2v) is 7.22. The molecule has 1 fully saturated rings. The largest absolute Gasteiger partial charge is 0.493 e. The third-order valence-electron chi connectivity index (χ3n) is 3.35. The summed E-state index contributed by atoms with van der Waals surface area (Å²) in [6.07, 6.45) is -0.386. The maximum Gasteiger partial charge on any atom is 0.358 e. The van der Waals surface area contributed by atoms with Gasteiger partial charge >= 0.3 is 5.97 Å². The highest BCUT2D eigenvalue weighted by Crippen LogP contribution is 2.34. The lowest BCUT2D eigenvalue weighted by Crippen LogP contribution is -2.45. The molecule has 122 valence electrons. The van der Waals surface area contributed by atoms with Gasteiger partial charge in [0.2, 0.25) is 0 Å². The molecule has 23 heavy (non-hydrogen) atoms. The number of hydrogen-bond donors (Lipinski definition) is 1. The zero-order valence-corrected chi connectivity index (χ0v) is 12.9. The quantitative estimate of drug-likeness (QED) is 0.864. The molecule has 0 amide bonds. The van der Waals surface area contributed by atoms with Gasteiger partial charge in [0.15, 0.2) is 32.8 Å². The van der Waals surface area contributed by atoms with Crippen molar-refractivity contribution in [2.45, 2.75) is 6.10 Å². The lowest BCUT2D eigenvalue weighted by atomic mass is 10.1. The summed E-state index contributed by atoms with van der Waals surface area (Å²) in [4.78, 5) is 10.8. The summed E-state index contributed by atoms with van der Waals surface area (Å²) in [5, 5.41) is 12.3. The van der Waals surface area contributed by atoms with Crippen molar-refractivity contribution in [3.63, 3.8) is 0 Å². The Morgan fingerprint density at radius 1 is 1.30 bits per heavy atom. The van der Waals surface area contributed by atoms with E-state index in [0.29, 0.717) is 17.1 Å². The highest BCUT2D eigenvalue weighted by Gasteiger charge is 2.35. The number of carboxylic acids is 1. The third kappa shape index (κ3) is 3.14. The molecule has 0 saturated carbocycles. The van der Waals surface area contributed by atoms with E-state index in [9.17, 15) is 13.2 Å². The molecule has 0 aliphatic carbocycles. The van der Waals surface area contributed by atoms with Crippen LogP contribution in [0, 0.1) is 0 Å². The summed E-state index contributed by atoms with van der Waals surface area (Å²) in [6, 6.07) is 6.17. The van der Waals surface area contributed by atoms with E-state index in [-0.39, 0.29) is 29.1 Å². The molecule has 1 aliphatic rings. The second-order valence-electron chi connectivity index (χ2n) is 5.06. The van der Waals surface area contributed by atoms with Crippen LogP contribution >= 0.6 is 0 Å². The van der Waals surface area contributed by atoms with Crippen molar-refractivity contribution in [3.8, 4) is 22.8 Å². The molecule has 1 saturated heterocycles. The Morgan fingerprint density at radius 2 is 2.04 bits per heavy atom. The molecule has 1 N–H and O–H groups in total. The van der Waals surface area contributed by atoms with Gasteiger partial charge in [-0.05, 0) is 18.2 Å². The van der Waals surface area contributed by atoms with Gasteiger partial charge in [-0.15, -0.1) is 0 Å². The lowest BCUT2D eigenvalue weighted by Gasteiger charge is -2.27. The van der Waals surface area contributed by atoms with E-state index in [1.54, 1.807) is 18.2 Å². The number of benzene rings is 1. The van der Waals surface area contributed by atoms with Gasteiger partial charge in [0, 0.05) is 11.6 Å². The monoisotopic (exact) mass is 339 g/mol. The minimum absolute atomic E-state index is 0.0119. The van der Waals surface area contributed by atoms with E-state index in [4.69, 9.17) is 19.1 Å². The Hall–Kier alpha value is -2.55. The van der Waals surface area contributed by atoms with Crippen LogP contribution in [0.5, 0.6) is 11.5 Å². The summed E-state index contributed by atoms with van der Waals surface area (Å²) >= 11 is 0. The predicted molar refractivity (Wildman–Crippen MR) is 78.5 cm³/mol. The number of rotatable bonds is 5. The van der Waals surface area contributed by atoms with Crippen molar-refractivity contribution in [1.29, 1.82) is 0 Å². The number of carbonyl (C=O) groups is 1. The number of hydrogen-bond acceptors (Lipinski definition) is 7. The molecule has 1 aromatic carbocycles. The molecule has 8 nitrogen and oxygen atoms in total. The molecule has 2 aromatic rings. The lowest BCUT2D eigenvalue weighted by molar-refractivity contribution is 0.0685. The Balaban J connectivity index is 1.82. The van der Waals surface area contributed by atoms with Crippen LogP contribution in [0.4, 0.5) is 0 Å². The molecule has 0 atom stereocenters. The predicted octanol–water partition coefficient (Wildman–Crippen LogP) is 1.22. The van der Waals surface area contributed by atoms with E-state index in [1.807, 2.05) is 0 Å². The van der Waals surface area contributed by atoms with E-state index < -0.39 is 15.8 Å². The van der Waals surface area contributed by atoms with Crippen LogP contribution < -0.4 is 9.47 Å². The highest BCUT2D eigenvalue weighted by atomic mass is 32.2. The first kappa shape index (κ1) is 15.3. The van der Waals surface area contributed by atoms with Crippen LogP contribution in [0.25, 0.3) is 11.3 Å². The maximum absolute atomic E-state index is 11.2. The van der Waals surface area contributed by atoms with Crippen molar-refractivity contribution in [2.24, 2.45) is 0 Å². The van der Waals surface area contributed by atoms with Crippen molar-refractivity contribution >= 4 is 15.8 Å². The van der Waals surface area contributed by atoms with Crippen LogP contribution in [-0.4, -0.2) is 49.4 Å². The summed E-state index contributed by atoms with van der Waals surface area (Å²) in [5.41, 5.74) is 0.370. The maximum atomic E-state index is 11.2. The van der Waals surface area contributed by atoms with Gasteiger partial charge in [0.1, 0.15) is 6.10 Å². The minimum atomic E-state index is -2.97. The highest BCUT2D eigenvalue weighted by molar-refractivity contribution is 7.92. The molecule has 9 heteroatoms. The fraction of sp³-hybridized carbons (Fsp3) is 0.286. The SMILES string of the molecule is COc1cc(-c2cc(C(=O)O)no2)ccc1OC1CS(=O)(=O)C1. The fourth-order valence-electron chi connectivity index (χ4n) is 2.20. The van der Waals surface area contributed by atoms with Crippen LogP contribution in [-0.2, 0) is 9.84 Å². The van der Waals surface area contributed by atoms with Crippen molar-refractivity contribution in [1.82, 2.24) is 5.16 Å². The van der Waals surface area contributed by atoms with Crippen LogP contribution in [0.1, 0.15) is 10.5 Å². The standard InChI is InChI=1S/C14H13NO7S/c1-20-13-4-8(12-5-10(14(16)17)15-22-12)2-3-11(13)21-9-6-23(18,19)7-9/h2-5,9H,6-7H2,1H3,(H,16,17). The van der Waals surface area contributed by atoms with E-state index >= 15 is 0 Å². The van der Waals surface area contributed by atoms with E-state index in [1.165, 1.54) is 13.2 Å². The summed E-state index contributed by atoms with van der Waals surface area (Å²) in [7, 11) is -1.52. The number of methoxy groups -OCH3 is 1. The summed E-state index contributed by atoms with van der Waals surface area (Å²) in [5.74, 6) is -0.130. The third-order valence-corrected chi connectivity index (χ3v) is 5.11. The molecule has 0 bridgehead atoms. The van der Waals surface area contributed by atoms with Crippen LogP contribution in [0.2, 0.25) is 0 Å². The first-order valence-corrected chi connectivity index (χ1v) is 8.45. The molecular weight excluding hydrogens is 326 g/mol. The van der Waals surface area contributed by atoms with E-state index in [0.717, 1.165) is 0 Å². The molecular formula is C14H13NO7S. The first-order chi connectivity index (χ1) is 10.9. The van der Waals surface area contributed by atoms with Gasteiger partial charge in [-0.1, -0.05) is 5.16 Å². The summed E-state index contributed by atoms with van der Waals surface area (Å²) in [6.45, 7) is 0. The molecule has 0 unspecified atom stereocenters. The molecule has 3 rings (SSSR count). The summed E-state index contributed by atoms with van der Waals surface area (Å²) < 4.78 is 38.1. The Bertz CT molecular complexity index is 844. The smallest absolute Gasteiger partial charge is 0.358 e. The molecule has 0 radical (unpaired) electrons. The van der Waals surface area contributed by atoms with Crippen molar-refractivity contribution in [3.05, 3.63) is 30.0 Å².